The Morgan fingerprint density at radius 2 is 1.38 bits per heavy atom. The topological polar surface area (TPSA) is 89.1 Å². The molecule has 0 heterocycles. The minimum absolute atomic E-state index is 0.154. The first-order valence-electron chi connectivity index (χ1n) is 10.7. The number of carbonyl (C=O) groups excluding carboxylic acids is 2. The standard InChI is InChI=1S/C26H29N3O5/c1-29(16-18-5-14-23(33-3)24(15-18)34-4)17-25(30)27-20-8-6-19(7-9-20)26(31)28-21-10-12-22(32-2)13-11-21/h5-15H,16-17H2,1-4H3,(H,27,30)(H,28,31). The van der Waals surface area contributed by atoms with Crippen molar-refractivity contribution >= 4 is 23.2 Å². The molecule has 3 aromatic rings. The smallest absolute Gasteiger partial charge is 0.255 e. The number of ether oxygens (including phenoxy) is 3. The summed E-state index contributed by atoms with van der Waals surface area (Å²) in [5.41, 5.74) is 2.77. The van der Waals surface area contributed by atoms with Crippen LogP contribution in [0.3, 0.4) is 0 Å². The van der Waals surface area contributed by atoms with Crippen molar-refractivity contribution in [2.75, 3.05) is 45.6 Å². The van der Waals surface area contributed by atoms with Crippen LogP contribution < -0.4 is 24.8 Å². The minimum atomic E-state index is -0.238. The highest BCUT2D eigenvalue weighted by Gasteiger charge is 2.11. The molecule has 0 aliphatic rings. The van der Waals surface area contributed by atoms with Crippen molar-refractivity contribution < 1.29 is 23.8 Å². The summed E-state index contributed by atoms with van der Waals surface area (Å²) in [5, 5.41) is 5.69. The molecule has 0 aliphatic carbocycles. The van der Waals surface area contributed by atoms with Gasteiger partial charge in [0.25, 0.3) is 5.91 Å². The number of anilines is 2. The zero-order valence-electron chi connectivity index (χ0n) is 19.8. The summed E-state index contributed by atoms with van der Waals surface area (Å²) in [6, 6.07) is 19.5. The molecule has 178 valence electrons. The van der Waals surface area contributed by atoms with Crippen molar-refractivity contribution in [3.63, 3.8) is 0 Å². The molecule has 34 heavy (non-hydrogen) atoms. The van der Waals surface area contributed by atoms with Crippen molar-refractivity contribution in [1.29, 1.82) is 0 Å². The number of hydrogen-bond donors (Lipinski definition) is 2. The van der Waals surface area contributed by atoms with E-state index < -0.39 is 0 Å². The Kier molecular flexibility index (Phi) is 8.48. The highest BCUT2D eigenvalue weighted by Crippen LogP contribution is 2.28. The van der Waals surface area contributed by atoms with Crippen LogP contribution in [-0.2, 0) is 11.3 Å². The largest absolute Gasteiger partial charge is 0.497 e. The van der Waals surface area contributed by atoms with Gasteiger partial charge >= 0.3 is 0 Å². The van der Waals surface area contributed by atoms with Gasteiger partial charge in [0.15, 0.2) is 11.5 Å². The molecule has 3 rings (SSSR count). The summed E-state index contributed by atoms with van der Waals surface area (Å²) in [6.45, 7) is 0.770. The Morgan fingerprint density at radius 1 is 0.765 bits per heavy atom. The highest BCUT2D eigenvalue weighted by molar-refractivity contribution is 6.04. The third-order valence-electron chi connectivity index (χ3n) is 5.09. The lowest BCUT2D eigenvalue weighted by molar-refractivity contribution is -0.117. The molecule has 2 amide bonds. The number of benzene rings is 3. The number of methoxy groups -OCH3 is 3. The molecule has 8 heteroatoms. The Balaban J connectivity index is 1.51. The van der Waals surface area contributed by atoms with E-state index in [1.165, 1.54) is 0 Å². The normalized spacial score (nSPS) is 10.5. The van der Waals surface area contributed by atoms with Crippen LogP contribution in [0.15, 0.2) is 66.7 Å². The van der Waals surface area contributed by atoms with E-state index in [0.717, 1.165) is 5.56 Å². The van der Waals surface area contributed by atoms with Gasteiger partial charge < -0.3 is 24.8 Å². The van der Waals surface area contributed by atoms with Crippen LogP contribution in [0.1, 0.15) is 15.9 Å². The van der Waals surface area contributed by atoms with Gasteiger partial charge in [-0.15, -0.1) is 0 Å². The van der Waals surface area contributed by atoms with Gasteiger partial charge in [0.2, 0.25) is 5.91 Å². The average molecular weight is 464 g/mol. The highest BCUT2D eigenvalue weighted by atomic mass is 16.5. The zero-order chi connectivity index (χ0) is 24.5. The number of carbonyl (C=O) groups is 2. The van der Waals surface area contributed by atoms with E-state index in [2.05, 4.69) is 10.6 Å². The van der Waals surface area contributed by atoms with E-state index >= 15 is 0 Å². The molecule has 0 spiro atoms. The van der Waals surface area contributed by atoms with Crippen molar-refractivity contribution in [3.8, 4) is 17.2 Å². The SMILES string of the molecule is COc1ccc(NC(=O)c2ccc(NC(=O)CN(C)Cc3ccc(OC)c(OC)c3)cc2)cc1. The van der Waals surface area contributed by atoms with Gasteiger partial charge in [0.1, 0.15) is 5.75 Å². The predicted octanol–water partition coefficient (Wildman–Crippen LogP) is 4.04. The van der Waals surface area contributed by atoms with Crippen molar-refractivity contribution in [2.24, 2.45) is 0 Å². The van der Waals surface area contributed by atoms with Crippen molar-refractivity contribution in [3.05, 3.63) is 77.9 Å². The van der Waals surface area contributed by atoms with E-state index in [4.69, 9.17) is 14.2 Å². The van der Waals surface area contributed by atoms with Gasteiger partial charge in [-0.05, 0) is 73.3 Å². The molecule has 0 radical (unpaired) electrons. The van der Waals surface area contributed by atoms with Gasteiger partial charge in [-0.2, -0.15) is 0 Å². The lowest BCUT2D eigenvalue weighted by Gasteiger charge is -2.17. The van der Waals surface area contributed by atoms with Crippen molar-refractivity contribution in [1.82, 2.24) is 4.90 Å². The molecule has 0 saturated heterocycles. The molecule has 2 N–H and O–H groups in total. The molecule has 0 bridgehead atoms. The second-order valence-corrected chi connectivity index (χ2v) is 7.67. The summed E-state index contributed by atoms with van der Waals surface area (Å²) < 4.78 is 15.7. The molecule has 0 aliphatic heterocycles. The summed E-state index contributed by atoms with van der Waals surface area (Å²) in [6.07, 6.45) is 0. The maximum Gasteiger partial charge on any atom is 0.255 e. The van der Waals surface area contributed by atoms with Crippen molar-refractivity contribution in [2.45, 2.75) is 6.54 Å². The maximum atomic E-state index is 12.5. The van der Waals surface area contributed by atoms with E-state index in [1.54, 1.807) is 69.9 Å². The molecule has 0 unspecified atom stereocenters. The third-order valence-corrected chi connectivity index (χ3v) is 5.09. The van der Waals surface area contributed by atoms with Crippen LogP contribution in [0, 0.1) is 0 Å². The van der Waals surface area contributed by atoms with Gasteiger partial charge in [-0.3, -0.25) is 14.5 Å². The third kappa shape index (κ3) is 6.73. The first-order chi connectivity index (χ1) is 16.4. The van der Waals surface area contributed by atoms with Gasteiger partial charge in [-0.25, -0.2) is 0 Å². The molecule has 0 fully saturated rings. The van der Waals surface area contributed by atoms with Gasteiger partial charge in [0.05, 0.1) is 27.9 Å². The molecule has 0 saturated carbocycles. The minimum Gasteiger partial charge on any atom is -0.497 e. The fourth-order valence-corrected chi connectivity index (χ4v) is 3.37. The van der Waals surface area contributed by atoms with E-state index in [9.17, 15) is 9.59 Å². The van der Waals surface area contributed by atoms with Crippen LogP contribution in [-0.4, -0.2) is 51.6 Å². The first-order valence-corrected chi connectivity index (χ1v) is 10.7. The van der Waals surface area contributed by atoms with Crippen LogP contribution in [0.25, 0.3) is 0 Å². The summed E-state index contributed by atoms with van der Waals surface area (Å²) in [4.78, 5) is 26.8. The van der Waals surface area contributed by atoms with Crippen LogP contribution >= 0.6 is 0 Å². The first kappa shape index (κ1) is 24.6. The lowest BCUT2D eigenvalue weighted by atomic mass is 10.2. The van der Waals surface area contributed by atoms with Gasteiger partial charge in [0, 0.05) is 23.5 Å². The summed E-state index contributed by atoms with van der Waals surface area (Å²) in [5.74, 6) is 1.63. The Hall–Kier alpha value is -4.04. The Morgan fingerprint density at radius 3 is 2.00 bits per heavy atom. The predicted molar refractivity (Wildman–Crippen MR) is 132 cm³/mol. The molecular formula is C26H29N3O5. The second kappa shape index (κ2) is 11.7. The maximum absolute atomic E-state index is 12.5. The number of amides is 2. The van der Waals surface area contributed by atoms with Crippen LogP contribution in [0.2, 0.25) is 0 Å². The number of likely N-dealkylation sites (N-methyl/N-ethyl adjacent to an activating group) is 1. The number of nitrogens with zero attached hydrogens (tertiary/aromatic N) is 1. The summed E-state index contributed by atoms with van der Waals surface area (Å²) >= 11 is 0. The molecule has 3 aromatic carbocycles. The zero-order valence-corrected chi connectivity index (χ0v) is 19.8. The second-order valence-electron chi connectivity index (χ2n) is 7.67. The van der Waals surface area contributed by atoms with Crippen LogP contribution in [0.5, 0.6) is 17.2 Å². The summed E-state index contributed by atoms with van der Waals surface area (Å²) in [7, 11) is 6.63. The van der Waals surface area contributed by atoms with E-state index in [1.807, 2.05) is 30.1 Å². The number of rotatable bonds is 10. The van der Waals surface area contributed by atoms with E-state index in [0.29, 0.717) is 40.7 Å². The monoisotopic (exact) mass is 463 g/mol. The quantitative estimate of drug-likeness (QED) is 0.472. The number of nitrogens with one attached hydrogen (secondary N) is 2. The molecular weight excluding hydrogens is 434 g/mol. The fraction of sp³-hybridized carbons (Fsp3) is 0.231. The molecule has 0 atom stereocenters. The van der Waals surface area contributed by atoms with Gasteiger partial charge in [-0.1, -0.05) is 6.07 Å². The van der Waals surface area contributed by atoms with E-state index in [-0.39, 0.29) is 18.4 Å². The Bertz CT molecular complexity index is 1110. The molecule has 8 nitrogen and oxygen atoms in total. The van der Waals surface area contributed by atoms with Crippen LogP contribution in [0.4, 0.5) is 11.4 Å². The number of hydrogen-bond acceptors (Lipinski definition) is 6. The average Bonchev–Trinajstić information content (AvgIpc) is 2.84. The fourth-order valence-electron chi connectivity index (χ4n) is 3.37. The lowest BCUT2D eigenvalue weighted by Crippen LogP contribution is -2.29. The molecule has 0 aromatic heterocycles. The Labute approximate surface area is 199 Å².